The molecule has 0 unspecified atom stereocenters. The van der Waals surface area contributed by atoms with Gasteiger partial charge < -0.3 is 5.11 Å². The Kier molecular flexibility index (Phi) is 5.77. The fraction of sp³-hybridized carbons (Fsp3) is 0.348. The summed E-state index contributed by atoms with van der Waals surface area (Å²) in [4.78, 5) is 12.9. The van der Waals surface area contributed by atoms with Gasteiger partial charge in [-0.25, -0.2) is 8.42 Å². The number of benzene rings is 2. The maximum atomic E-state index is 12.9. The maximum absolute atomic E-state index is 12.9. The van der Waals surface area contributed by atoms with Crippen LogP contribution in [0, 0.1) is 13.8 Å². The summed E-state index contributed by atoms with van der Waals surface area (Å²) in [5.41, 5.74) is 7.32. The van der Waals surface area contributed by atoms with Crippen LogP contribution in [0.1, 0.15) is 42.4 Å². The van der Waals surface area contributed by atoms with Gasteiger partial charge in [0.15, 0.2) is 5.71 Å². The van der Waals surface area contributed by atoms with Crippen molar-refractivity contribution in [2.24, 2.45) is 10.2 Å². The predicted molar refractivity (Wildman–Crippen MR) is 126 cm³/mol. The van der Waals surface area contributed by atoms with Gasteiger partial charge in [-0.15, -0.1) is 0 Å². The van der Waals surface area contributed by atoms with Gasteiger partial charge in [-0.05, 0) is 74.4 Å². The van der Waals surface area contributed by atoms with Crippen molar-refractivity contribution >= 4 is 38.5 Å². The molecule has 0 spiro atoms. The van der Waals surface area contributed by atoms with Crippen LogP contribution < -0.4 is 10.4 Å². The summed E-state index contributed by atoms with van der Waals surface area (Å²) in [6.07, 6.45) is 0.950. The zero-order chi connectivity index (χ0) is 23.0. The van der Waals surface area contributed by atoms with E-state index in [4.69, 9.17) is 0 Å². The monoisotopic (exact) mass is 454 g/mol. The molecule has 2 aromatic carbocycles. The molecule has 1 fully saturated rings. The standard InChI is InChI=1S/C23H26N4O4S/c1-14-7-8-18(13-15(14)2)27-23(29)21(16(3)26-27)25-24-20-6-4-5-19(22(20)28)17-9-11-32(30,31)12-10-17/h4-8,13,17,24,28H,9-12H2,1-3H3. The van der Waals surface area contributed by atoms with E-state index in [1.165, 1.54) is 5.01 Å². The number of amides is 1. The number of hydrazone groups is 2. The first kappa shape index (κ1) is 22.0. The lowest BCUT2D eigenvalue weighted by molar-refractivity contribution is -0.112. The molecule has 2 N–H and O–H groups in total. The lowest BCUT2D eigenvalue weighted by atomic mass is 9.92. The van der Waals surface area contributed by atoms with Crippen LogP contribution >= 0.6 is 0 Å². The summed E-state index contributed by atoms with van der Waals surface area (Å²) in [5, 5.41) is 20.6. The normalized spacial score (nSPS) is 20.0. The fourth-order valence-electron chi connectivity index (χ4n) is 3.96. The SMILES string of the molecule is CC1=NN(c2ccc(C)c(C)c2)C(=O)C1=NNc1cccc(C2CCS(=O)(=O)CC2)c1O. The van der Waals surface area contributed by atoms with E-state index in [0.717, 1.165) is 11.1 Å². The Morgan fingerprint density at radius 2 is 1.81 bits per heavy atom. The molecule has 0 saturated carbocycles. The minimum atomic E-state index is -2.99. The first-order valence-electron chi connectivity index (χ1n) is 10.5. The zero-order valence-corrected chi connectivity index (χ0v) is 19.1. The Bertz CT molecular complexity index is 1240. The van der Waals surface area contributed by atoms with Crippen LogP contribution in [0.3, 0.4) is 0 Å². The highest BCUT2D eigenvalue weighted by atomic mass is 32.2. The van der Waals surface area contributed by atoms with Crippen molar-refractivity contribution in [1.29, 1.82) is 0 Å². The number of para-hydroxylation sites is 1. The molecule has 1 amide bonds. The number of aryl methyl sites for hydroxylation is 2. The molecule has 32 heavy (non-hydrogen) atoms. The van der Waals surface area contributed by atoms with Gasteiger partial charge in [0.25, 0.3) is 0 Å². The van der Waals surface area contributed by atoms with Gasteiger partial charge in [0.05, 0.1) is 28.6 Å². The van der Waals surface area contributed by atoms with E-state index in [0.29, 0.717) is 35.5 Å². The Morgan fingerprint density at radius 1 is 1.09 bits per heavy atom. The largest absolute Gasteiger partial charge is 0.505 e. The van der Waals surface area contributed by atoms with Crippen LogP contribution in [0.4, 0.5) is 11.4 Å². The van der Waals surface area contributed by atoms with Crippen LogP contribution in [0.15, 0.2) is 46.6 Å². The third-order valence-electron chi connectivity index (χ3n) is 6.07. The number of aromatic hydroxyl groups is 1. The maximum Gasteiger partial charge on any atom is 0.301 e. The molecule has 2 aromatic rings. The van der Waals surface area contributed by atoms with E-state index in [2.05, 4.69) is 15.6 Å². The van der Waals surface area contributed by atoms with Gasteiger partial charge in [-0.2, -0.15) is 15.2 Å². The topological polar surface area (TPSA) is 111 Å². The van der Waals surface area contributed by atoms with Crippen LogP contribution in [0.2, 0.25) is 0 Å². The summed E-state index contributed by atoms with van der Waals surface area (Å²) in [6, 6.07) is 10.9. The van der Waals surface area contributed by atoms with E-state index in [9.17, 15) is 18.3 Å². The summed E-state index contributed by atoms with van der Waals surface area (Å²) >= 11 is 0. The van der Waals surface area contributed by atoms with Gasteiger partial charge in [-0.1, -0.05) is 18.2 Å². The quantitative estimate of drug-likeness (QED) is 0.543. The number of sulfone groups is 1. The second-order valence-corrected chi connectivity index (χ2v) is 10.6. The first-order valence-corrected chi connectivity index (χ1v) is 12.3. The summed E-state index contributed by atoms with van der Waals surface area (Å²) in [6.45, 7) is 5.69. The molecule has 0 atom stereocenters. The van der Waals surface area contributed by atoms with Crippen LogP contribution in [0.25, 0.3) is 0 Å². The summed E-state index contributed by atoms with van der Waals surface area (Å²) in [7, 11) is -2.99. The van der Waals surface area contributed by atoms with Crippen LogP contribution in [0.5, 0.6) is 5.75 Å². The number of phenolic OH excluding ortho intramolecular Hbond substituents is 1. The number of phenols is 1. The average Bonchev–Trinajstić information content (AvgIpc) is 3.03. The van der Waals surface area contributed by atoms with Crippen LogP contribution in [-0.2, 0) is 14.6 Å². The van der Waals surface area contributed by atoms with Gasteiger partial charge in [0.1, 0.15) is 15.6 Å². The Morgan fingerprint density at radius 3 is 2.50 bits per heavy atom. The van der Waals surface area contributed by atoms with Crippen molar-refractivity contribution in [1.82, 2.24) is 0 Å². The molecule has 0 aromatic heterocycles. The number of nitrogens with zero attached hydrogens (tertiary/aromatic N) is 3. The third kappa shape index (κ3) is 4.25. The number of hydrogen-bond acceptors (Lipinski definition) is 7. The van der Waals surface area contributed by atoms with Gasteiger partial charge in [0, 0.05) is 0 Å². The second kappa shape index (κ2) is 8.38. The van der Waals surface area contributed by atoms with Crippen molar-refractivity contribution in [3.05, 3.63) is 53.1 Å². The molecule has 9 heteroatoms. The van der Waals surface area contributed by atoms with Crippen molar-refractivity contribution < 1.29 is 18.3 Å². The van der Waals surface area contributed by atoms with Crippen molar-refractivity contribution in [3.63, 3.8) is 0 Å². The van der Waals surface area contributed by atoms with Gasteiger partial charge in [-0.3, -0.25) is 10.2 Å². The Hall–Kier alpha value is -3.20. The molecule has 0 aliphatic carbocycles. The highest BCUT2D eigenvalue weighted by Crippen LogP contribution is 2.38. The van der Waals surface area contributed by atoms with E-state index in [1.54, 1.807) is 25.1 Å². The number of hydrogen-bond donors (Lipinski definition) is 2. The number of carbonyl (C=O) groups is 1. The van der Waals surface area contributed by atoms with E-state index in [-0.39, 0.29) is 34.8 Å². The summed E-state index contributed by atoms with van der Waals surface area (Å²) in [5.74, 6) is -0.131. The average molecular weight is 455 g/mol. The van der Waals surface area contributed by atoms with Crippen LogP contribution in [-0.4, -0.2) is 42.4 Å². The molecule has 0 bridgehead atoms. The molecule has 0 radical (unpaired) electrons. The Labute approximate surface area is 187 Å². The van der Waals surface area contributed by atoms with E-state index < -0.39 is 9.84 Å². The molecular weight excluding hydrogens is 428 g/mol. The molecule has 8 nitrogen and oxygen atoms in total. The minimum Gasteiger partial charge on any atom is -0.505 e. The highest BCUT2D eigenvalue weighted by Gasteiger charge is 2.31. The number of carbonyl (C=O) groups excluding carboxylic acids is 1. The van der Waals surface area contributed by atoms with Gasteiger partial charge in [0.2, 0.25) is 0 Å². The Balaban J connectivity index is 1.54. The molecule has 4 rings (SSSR count). The summed E-state index contributed by atoms with van der Waals surface area (Å²) < 4.78 is 23.4. The number of anilines is 2. The van der Waals surface area contributed by atoms with E-state index >= 15 is 0 Å². The molecular formula is C23H26N4O4S. The number of nitrogens with one attached hydrogen (secondary N) is 1. The zero-order valence-electron chi connectivity index (χ0n) is 18.3. The minimum absolute atomic E-state index is 0.0206. The second-order valence-electron chi connectivity index (χ2n) is 8.31. The van der Waals surface area contributed by atoms with Crippen molar-refractivity contribution in [2.75, 3.05) is 21.9 Å². The third-order valence-corrected chi connectivity index (χ3v) is 7.79. The highest BCUT2D eigenvalue weighted by molar-refractivity contribution is 7.91. The van der Waals surface area contributed by atoms with E-state index in [1.807, 2.05) is 32.0 Å². The number of rotatable bonds is 4. The van der Waals surface area contributed by atoms with Crippen molar-refractivity contribution in [3.8, 4) is 5.75 Å². The smallest absolute Gasteiger partial charge is 0.301 e. The lowest BCUT2D eigenvalue weighted by Crippen LogP contribution is -2.28. The molecule has 2 aliphatic heterocycles. The predicted octanol–water partition coefficient (Wildman–Crippen LogP) is 3.49. The molecule has 2 heterocycles. The van der Waals surface area contributed by atoms with Crippen molar-refractivity contribution in [2.45, 2.75) is 39.5 Å². The molecule has 1 saturated heterocycles. The fourth-order valence-corrected chi connectivity index (χ4v) is 5.45. The van der Waals surface area contributed by atoms with Gasteiger partial charge >= 0.3 is 5.91 Å². The molecule has 2 aliphatic rings. The molecule has 168 valence electrons. The lowest BCUT2D eigenvalue weighted by Gasteiger charge is -2.23. The first-order chi connectivity index (χ1) is 15.2.